The monoisotopic (exact) mass is 620 g/mol. The van der Waals surface area contributed by atoms with Gasteiger partial charge in [-0.15, -0.1) is 0 Å². The molecule has 244 valence electrons. The number of benzene rings is 3. The third kappa shape index (κ3) is 6.02. The Morgan fingerprint density at radius 1 is 0.891 bits per heavy atom. The molecule has 2 bridgehead atoms. The maximum absolute atomic E-state index is 12.3. The molecule has 1 spiro atoms. The van der Waals surface area contributed by atoms with Gasteiger partial charge in [-0.1, -0.05) is 79.6 Å². The molecule has 4 aliphatic rings. The summed E-state index contributed by atoms with van der Waals surface area (Å²) in [6.45, 7) is 5.52. The molecule has 1 saturated heterocycles. The number of hydrogen-bond acceptors (Lipinski definition) is 5. The van der Waals surface area contributed by atoms with Crippen molar-refractivity contribution in [3.05, 3.63) is 95.1 Å². The lowest BCUT2D eigenvalue weighted by atomic mass is 9.51. The highest BCUT2D eigenvalue weighted by atomic mass is 16.5. The summed E-state index contributed by atoms with van der Waals surface area (Å²) in [6.07, 6.45) is 13.1. The largest absolute Gasteiger partial charge is 0.493 e. The number of methoxy groups -OCH3 is 1. The quantitative estimate of drug-likeness (QED) is 0.165. The normalized spacial score (nSPS) is 26.1. The zero-order valence-electron chi connectivity index (χ0n) is 28.0. The van der Waals surface area contributed by atoms with Gasteiger partial charge in [-0.05, 0) is 113 Å². The fraction of sp³-hybridized carbons (Fsp3) is 0.537. The second-order valence-corrected chi connectivity index (χ2v) is 14.4. The van der Waals surface area contributed by atoms with Gasteiger partial charge in [0, 0.05) is 23.1 Å². The third-order valence-electron chi connectivity index (χ3n) is 11.8. The fourth-order valence-electron chi connectivity index (χ4n) is 9.82. The highest BCUT2D eigenvalue weighted by molar-refractivity contribution is 5.77. The van der Waals surface area contributed by atoms with Crippen molar-refractivity contribution in [1.82, 2.24) is 9.80 Å². The molecule has 3 aromatic rings. The number of carbonyl (C=O) groups is 1. The smallest absolute Gasteiger partial charge is 0.165 e. The van der Waals surface area contributed by atoms with Gasteiger partial charge in [-0.25, -0.2) is 0 Å². The van der Waals surface area contributed by atoms with Crippen LogP contribution < -0.4 is 9.47 Å². The standard InChI is InChI=1S/C41H52N2O3/c1-30(44)29-43-27-24-41-34-21-22-35(40(41)46-39-37(45-2)23-20-33(38(39)41)28-36(34)43)42(26-13-19-32-17-10-6-11-18-32)25-12-4-3-7-14-31-15-8-5-9-16-31/h5-6,8-11,15-18,20,23,34-36,40H,3-4,7,12-14,19,21-22,24-29H2,1-2H3/t34-,35+,36+,40-,41-/m0/s1. The van der Waals surface area contributed by atoms with Gasteiger partial charge >= 0.3 is 0 Å². The van der Waals surface area contributed by atoms with Crippen molar-refractivity contribution < 1.29 is 14.3 Å². The Morgan fingerprint density at radius 2 is 1.59 bits per heavy atom. The van der Waals surface area contributed by atoms with Crippen molar-refractivity contribution in [1.29, 1.82) is 0 Å². The van der Waals surface area contributed by atoms with Crippen LogP contribution in [0.3, 0.4) is 0 Å². The Balaban J connectivity index is 1.11. The van der Waals surface area contributed by atoms with Gasteiger partial charge in [0.2, 0.25) is 0 Å². The van der Waals surface area contributed by atoms with E-state index >= 15 is 0 Å². The molecule has 3 aromatic carbocycles. The Morgan fingerprint density at radius 3 is 2.30 bits per heavy atom. The third-order valence-corrected chi connectivity index (χ3v) is 11.8. The summed E-state index contributed by atoms with van der Waals surface area (Å²) in [7, 11) is 1.78. The molecule has 0 radical (unpaired) electrons. The summed E-state index contributed by atoms with van der Waals surface area (Å²) in [5.74, 6) is 2.70. The molecule has 2 fully saturated rings. The number of nitrogens with zero attached hydrogens (tertiary/aromatic N) is 2. The van der Waals surface area contributed by atoms with Crippen molar-refractivity contribution in [2.45, 2.75) is 101 Å². The van der Waals surface area contributed by atoms with E-state index in [4.69, 9.17) is 9.47 Å². The van der Waals surface area contributed by atoms with Crippen LogP contribution in [0.25, 0.3) is 0 Å². The van der Waals surface area contributed by atoms with E-state index in [-0.39, 0.29) is 17.3 Å². The lowest BCUT2D eigenvalue weighted by Gasteiger charge is -2.60. The van der Waals surface area contributed by atoms with Crippen LogP contribution in [-0.4, -0.2) is 67.1 Å². The zero-order chi connectivity index (χ0) is 31.5. The maximum Gasteiger partial charge on any atom is 0.165 e. The number of piperidine rings is 1. The molecule has 5 nitrogen and oxygen atoms in total. The van der Waals surface area contributed by atoms with Gasteiger partial charge in [-0.3, -0.25) is 14.6 Å². The summed E-state index contributed by atoms with van der Waals surface area (Å²) in [5, 5.41) is 0. The van der Waals surface area contributed by atoms with Gasteiger partial charge in [0.25, 0.3) is 0 Å². The van der Waals surface area contributed by atoms with Gasteiger partial charge in [0.1, 0.15) is 11.9 Å². The summed E-state index contributed by atoms with van der Waals surface area (Å²) in [6, 6.07) is 27.1. The van der Waals surface area contributed by atoms with Gasteiger partial charge in [0.15, 0.2) is 11.5 Å². The van der Waals surface area contributed by atoms with E-state index in [2.05, 4.69) is 82.6 Å². The molecule has 2 aliphatic carbocycles. The van der Waals surface area contributed by atoms with Crippen molar-refractivity contribution in [3.8, 4) is 11.5 Å². The van der Waals surface area contributed by atoms with E-state index in [1.54, 1.807) is 14.0 Å². The lowest BCUT2D eigenvalue weighted by molar-refractivity contribution is -0.123. The first-order valence-corrected chi connectivity index (χ1v) is 18.0. The minimum absolute atomic E-state index is 0.00565. The Bertz CT molecular complexity index is 1480. The number of unbranched alkanes of at least 4 members (excludes halogenated alkanes) is 3. The van der Waals surface area contributed by atoms with E-state index in [9.17, 15) is 4.79 Å². The molecule has 0 amide bonds. The molecule has 2 heterocycles. The predicted molar refractivity (Wildman–Crippen MR) is 185 cm³/mol. The number of hydrogen-bond donors (Lipinski definition) is 0. The van der Waals surface area contributed by atoms with Crippen molar-refractivity contribution in [2.75, 3.05) is 33.3 Å². The molecule has 0 unspecified atom stereocenters. The van der Waals surface area contributed by atoms with Crippen LogP contribution in [0.1, 0.15) is 80.5 Å². The SMILES string of the molecule is COc1ccc2c3c1O[C@H]1[C@H](N(CCCCCCc4ccccc4)CCCc4ccccc4)CC[C@H]4[C@@H](C2)N(CC(C)=O)CC[C@@]341. The van der Waals surface area contributed by atoms with Crippen molar-refractivity contribution >= 4 is 5.78 Å². The first kappa shape index (κ1) is 31.4. The minimum atomic E-state index is 0.00565. The number of ketones is 1. The molecular weight excluding hydrogens is 568 g/mol. The molecule has 0 aromatic heterocycles. The first-order valence-electron chi connectivity index (χ1n) is 18.0. The molecule has 0 N–H and O–H groups in total. The summed E-state index contributed by atoms with van der Waals surface area (Å²) in [5.41, 5.74) is 5.76. The highest BCUT2D eigenvalue weighted by Gasteiger charge is 2.66. The lowest BCUT2D eigenvalue weighted by Crippen LogP contribution is -2.69. The zero-order valence-corrected chi connectivity index (χ0v) is 28.0. The van der Waals surface area contributed by atoms with Gasteiger partial charge in [0.05, 0.1) is 13.7 Å². The topological polar surface area (TPSA) is 42.0 Å². The molecule has 1 saturated carbocycles. The number of likely N-dealkylation sites (tertiary alicyclic amines) is 1. The highest BCUT2D eigenvalue weighted by Crippen LogP contribution is 2.64. The first-order chi connectivity index (χ1) is 22.6. The summed E-state index contributed by atoms with van der Waals surface area (Å²) in [4.78, 5) is 17.7. The van der Waals surface area contributed by atoms with E-state index in [0.717, 1.165) is 63.2 Å². The predicted octanol–water partition coefficient (Wildman–Crippen LogP) is 7.43. The van der Waals surface area contributed by atoms with Crippen LogP contribution in [0.15, 0.2) is 72.8 Å². The minimum Gasteiger partial charge on any atom is -0.493 e. The van der Waals surface area contributed by atoms with Crippen LogP contribution in [0.2, 0.25) is 0 Å². The van der Waals surface area contributed by atoms with E-state index in [0.29, 0.717) is 24.5 Å². The second-order valence-electron chi connectivity index (χ2n) is 14.4. The Labute approximate surface area is 276 Å². The van der Waals surface area contributed by atoms with Crippen molar-refractivity contribution in [3.63, 3.8) is 0 Å². The van der Waals surface area contributed by atoms with Gasteiger partial charge in [-0.2, -0.15) is 0 Å². The maximum atomic E-state index is 12.3. The molecular formula is C41H52N2O3. The van der Waals surface area contributed by atoms with Crippen LogP contribution in [0, 0.1) is 5.92 Å². The van der Waals surface area contributed by atoms with Gasteiger partial charge < -0.3 is 9.47 Å². The number of carbonyl (C=O) groups excluding carboxylic acids is 1. The molecule has 5 heteroatoms. The van der Waals surface area contributed by atoms with Crippen LogP contribution >= 0.6 is 0 Å². The average Bonchev–Trinajstić information content (AvgIpc) is 3.42. The number of ether oxygens (including phenoxy) is 2. The Hall–Kier alpha value is -3.15. The number of rotatable bonds is 15. The Kier molecular flexibility index (Phi) is 9.51. The van der Waals surface area contributed by atoms with E-state index in [1.165, 1.54) is 60.8 Å². The molecule has 7 rings (SSSR count). The molecule has 2 aliphatic heterocycles. The van der Waals surface area contributed by atoms with Crippen molar-refractivity contribution in [2.24, 2.45) is 5.92 Å². The summed E-state index contributed by atoms with van der Waals surface area (Å²) < 4.78 is 13.2. The van der Waals surface area contributed by atoms with E-state index in [1.807, 2.05) is 0 Å². The number of aryl methyl sites for hydroxylation is 2. The molecule has 5 atom stereocenters. The van der Waals surface area contributed by atoms with E-state index < -0.39 is 0 Å². The van der Waals surface area contributed by atoms with Crippen LogP contribution in [0.5, 0.6) is 11.5 Å². The summed E-state index contributed by atoms with van der Waals surface area (Å²) >= 11 is 0. The van der Waals surface area contributed by atoms with Crippen LogP contribution in [0.4, 0.5) is 0 Å². The average molecular weight is 621 g/mol. The second kappa shape index (κ2) is 13.9. The fourth-order valence-corrected chi connectivity index (χ4v) is 9.82. The van der Waals surface area contributed by atoms with Crippen LogP contribution in [-0.2, 0) is 29.5 Å². The molecule has 46 heavy (non-hydrogen) atoms. The number of Topliss-reactive ketones (excluding diaryl/α,β-unsaturated/α-hetero) is 1.